The molecular weight excluding hydrogens is 875 g/mol. The summed E-state index contributed by atoms with van der Waals surface area (Å²) in [6.45, 7) is 4.08. The molecule has 0 fully saturated rings. The van der Waals surface area contributed by atoms with Gasteiger partial charge in [-0.05, 0) is 70.6 Å². The maximum Gasteiger partial charge on any atom is 0.249 e. The average Bonchev–Trinajstić information content (AvgIpc) is 3.38. The van der Waals surface area contributed by atoms with Gasteiger partial charge in [0.1, 0.15) is 12.2 Å². The Balaban J connectivity index is 3.60. The van der Waals surface area contributed by atoms with Gasteiger partial charge < -0.3 is 25.7 Å². The van der Waals surface area contributed by atoms with Crippen LogP contribution in [0, 0.1) is 0 Å². The van der Waals surface area contributed by atoms with E-state index >= 15 is 0 Å². The Morgan fingerprint density at radius 3 is 0.930 bits per heavy atom. The van der Waals surface area contributed by atoms with Crippen molar-refractivity contribution in [1.29, 1.82) is 0 Å². The van der Waals surface area contributed by atoms with E-state index in [0.29, 0.717) is 12.8 Å². The van der Waals surface area contributed by atoms with Gasteiger partial charge in [0.2, 0.25) is 5.91 Å². The van der Waals surface area contributed by atoms with Gasteiger partial charge in [0.15, 0.2) is 0 Å². The first-order valence-electron chi connectivity index (χ1n) is 31.9. The van der Waals surface area contributed by atoms with Crippen molar-refractivity contribution in [2.75, 3.05) is 6.61 Å². The summed E-state index contributed by atoms with van der Waals surface area (Å²) >= 11 is 0. The van der Waals surface area contributed by atoms with E-state index in [1.807, 2.05) is 0 Å². The number of hydrogen-bond donors (Lipinski definition) is 5. The molecule has 0 saturated heterocycles. The largest absolute Gasteiger partial charge is 0.394 e. The molecule has 420 valence electrons. The summed E-state index contributed by atoms with van der Waals surface area (Å²) in [6.07, 6.45) is 75.3. The molecule has 0 aromatic rings. The van der Waals surface area contributed by atoms with Crippen LogP contribution in [-0.2, 0) is 4.79 Å². The Kier molecular flexibility index (Phi) is 58.2. The predicted octanol–water partition coefficient (Wildman–Crippen LogP) is 19.1. The zero-order valence-electron chi connectivity index (χ0n) is 47.7. The molecule has 0 bridgehead atoms. The number of aliphatic hydroxyl groups is 4. The van der Waals surface area contributed by atoms with Crippen LogP contribution in [0.25, 0.3) is 0 Å². The van der Waals surface area contributed by atoms with E-state index in [1.54, 1.807) is 0 Å². The minimum Gasteiger partial charge on any atom is -0.394 e. The number of rotatable bonds is 59. The van der Waals surface area contributed by atoms with E-state index in [1.165, 1.54) is 270 Å². The van der Waals surface area contributed by atoms with Crippen molar-refractivity contribution in [3.63, 3.8) is 0 Å². The molecule has 71 heavy (non-hydrogen) atoms. The van der Waals surface area contributed by atoms with Gasteiger partial charge in [-0.25, -0.2) is 0 Å². The quantitative estimate of drug-likeness (QED) is 0.0308. The Labute approximate surface area is 443 Å². The van der Waals surface area contributed by atoms with Crippen LogP contribution in [0.15, 0.2) is 36.5 Å². The Morgan fingerprint density at radius 1 is 0.352 bits per heavy atom. The topological polar surface area (TPSA) is 110 Å². The summed E-state index contributed by atoms with van der Waals surface area (Å²) < 4.78 is 0. The van der Waals surface area contributed by atoms with Crippen molar-refractivity contribution < 1.29 is 25.2 Å². The molecule has 1 amide bonds. The second kappa shape index (κ2) is 59.4. The van der Waals surface area contributed by atoms with E-state index in [2.05, 4.69) is 55.6 Å². The first-order valence-corrected chi connectivity index (χ1v) is 31.9. The molecule has 4 unspecified atom stereocenters. The molecule has 6 heteroatoms. The van der Waals surface area contributed by atoms with Gasteiger partial charge in [0.05, 0.1) is 18.8 Å². The monoisotopic (exact) mass is 1000 g/mol. The number of amides is 1. The van der Waals surface area contributed by atoms with Crippen LogP contribution >= 0.6 is 0 Å². The first kappa shape index (κ1) is 69.5. The van der Waals surface area contributed by atoms with Crippen LogP contribution in [0.1, 0.15) is 341 Å². The fourth-order valence-corrected chi connectivity index (χ4v) is 10.1. The number of carbonyl (C=O) groups is 1. The van der Waals surface area contributed by atoms with Crippen molar-refractivity contribution in [3.8, 4) is 0 Å². The standard InChI is InChI=1S/C65H125NO5/c1-3-5-7-9-11-13-15-17-19-21-23-25-27-28-29-30-31-32-33-34-35-37-39-41-43-45-47-49-51-53-55-57-59-63(69)65(71)66-61(60-67)64(70)62(68)58-56-54-52-50-48-46-44-42-40-38-36-26-24-22-20-18-16-14-12-10-8-6-4-2/h23,25,28-29,50,52,61-64,67-70H,3-22,24,26-27,30-49,51,53-60H2,1-2H3,(H,66,71)/b25-23-,29-28-,52-50+. The Bertz CT molecular complexity index is 1120. The van der Waals surface area contributed by atoms with Crippen LogP contribution in [0.5, 0.6) is 0 Å². The lowest BCUT2D eigenvalue weighted by atomic mass is 10.00. The average molecular weight is 1000 g/mol. The molecular formula is C65H125NO5. The van der Waals surface area contributed by atoms with Crippen LogP contribution < -0.4 is 5.32 Å². The van der Waals surface area contributed by atoms with Gasteiger partial charge in [-0.2, -0.15) is 0 Å². The van der Waals surface area contributed by atoms with Gasteiger partial charge in [-0.3, -0.25) is 4.79 Å². The second-order valence-electron chi connectivity index (χ2n) is 22.1. The fraction of sp³-hybridized carbons (Fsp3) is 0.892. The summed E-state index contributed by atoms with van der Waals surface area (Å²) in [5, 5.41) is 44.1. The summed E-state index contributed by atoms with van der Waals surface area (Å²) in [6, 6.07) is -1.00. The van der Waals surface area contributed by atoms with Crippen molar-refractivity contribution in [2.45, 2.75) is 366 Å². The third kappa shape index (κ3) is 53.2. The maximum absolute atomic E-state index is 12.6. The number of nitrogens with one attached hydrogen (secondary N) is 1. The molecule has 0 saturated carbocycles. The zero-order valence-corrected chi connectivity index (χ0v) is 47.7. The molecule has 0 rings (SSSR count). The first-order chi connectivity index (χ1) is 35.0. The molecule has 5 N–H and O–H groups in total. The minimum atomic E-state index is -1.28. The van der Waals surface area contributed by atoms with Crippen LogP contribution in [0.4, 0.5) is 0 Å². The van der Waals surface area contributed by atoms with E-state index in [-0.39, 0.29) is 0 Å². The SMILES string of the molecule is CCCCCCCCCCC/C=C\C/C=C\CCCCCCCCCCCCCCCCCCC(O)C(=O)NC(CO)C(O)C(O)CCC/C=C/CCCCCCCCCCCCCCCCCCCC. The predicted molar refractivity (Wildman–Crippen MR) is 311 cm³/mol. The highest BCUT2D eigenvalue weighted by atomic mass is 16.3. The number of aliphatic hydroxyl groups excluding tert-OH is 4. The highest BCUT2D eigenvalue weighted by molar-refractivity contribution is 5.80. The summed E-state index contributed by atoms with van der Waals surface area (Å²) in [5.41, 5.74) is 0. The second-order valence-corrected chi connectivity index (χ2v) is 22.1. The lowest BCUT2D eigenvalue weighted by Gasteiger charge is -2.27. The number of allylic oxidation sites excluding steroid dienone is 6. The van der Waals surface area contributed by atoms with Crippen LogP contribution in [0.3, 0.4) is 0 Å². The van der Waals surface area contributed by atoms with Crippen molar-refractivity contribution in [2.24, 2.45) is 0 Å². The highest BCUT2D eigenvalue weighted by Crippen LogP contribution is 2.18. The Morgan fingerprint density at radius 2 is 0.620 bits per heavy atom. The molecule has 0 aliphatic rings. The van der Waals surface area contributed by atoms with Gasteiger partial charge in [0.25, 0.3) is 0 Å². The van der Waals surface area contributed by atoms with Gasteiger partial charge in [-0.1, -0.05) is 307 Å². The van der Waals surface area contributed by atoms with E-state index in [4.69, 9.17) is 0 Å². The third-order valence-corrected chi connectivity index (χ3v) is 15.1. The van der Waals surface area contributed by atoms with Crippen molar-refractivity contribution >= 4 is 5.91 Å². The fourth-order valence-electron chi connectivity index (χ4n) is 10.1. The summed E-state index contributed by atoms with van der Waals surface area (Å²) in [5.74, 6) is -0.589. The minimum absolute atomic E-state index is 0.364. The summed E-state index contributed by atoms with van der Waals surface area (Å²) in [4.78, 5) is 12.6. The van der Waals surface area contributed by atoms with Crippen molar-refractivity contribution in [1.82, 2.24) is 5.32 Å². The van der Waals surface area contributed by atoms with Crippen LogP contribution in [-0.4, -0.2) is 57.3 Å². The number of carbonyl (C=O) groups excluding carboxylic acids is 1. The van der Waals surface area contributed by atoms with E-state index < -0.39 is 36.9 Å². The van der Waals surface area contributed by atoms with Gasteiger partial charge in [-0.15, -0.1) is 0 Å². The molecule has 0 aromatic carbocycles. The van der Waals surface area contributed by atoms with E-state index in [0.717, 1.165) is 44.9 Å². The molecule has 0 aliphatic heterocycles. The lowest BCUT2D eigenvalue weighted by molar-refractivity contribution is -0.132. The Hall–Kier alpha value is -1.47. The smallest absolute Gasteiger partial charge is 0.249 e. The molecule has 0 heterocycles. The molecule has 0 aromatic heterocycles. The van der Waals surface area contributed by atoms with Crippen LogP contribution in [0.2, 0.25) is 0 Å². The lowest BCUT2D eigenvalue weighted by Crippen LogP contribution is -2.53. The molecule has 0 aliphatic carbocycles. The molecule has 6 nitrogen and oxygen atoms in total. The highest BCUT2D eigenvalue weighted by Gasteiger charge is 2.28. The zero-order chi connectivity index (χ0) is 51.6. The maximum atomic E-state index is 12.6. The third-order valence-electron chi connectivity index (χ3n) is 15.1. The molecule has 4 atom stereocenters. The van der Waals surface area contributed by atoms with E-state index in [9.17, 15) is 25.2 Å². The van der Waals surface area contributed by atoms with Gasteiger partial charge in [0, 0.05) is 0 Å². The normalized spacial score (nSPS) is 13.8. The van der Waals surface area contributed by atoms with Gasteiger partial charge >= 0.3 is 0 Å². The number of unbranched alkanes of at least 4 members (excludes halogenated alkanes) is 44. The number of hydrogen-bond acceptors (Lipinski definition) is 5. The molecule has 0 spiro atoms. The molecule has 0 radical (unpaired) electrons. The van der Waals surface area contributed by atoms with Crippen molar-refractivity contribution in [3.05, 3.63) is 36.5 Å². The summed E-state index contributed by atoms with van der Waals surface area (Å²) in [7, 11) is 0.